The molecule has 6 aromatic rings. The van der Waals surface area contributed by atoms with Crippen LogP contribution in [0.4, 0.5) is 5.69 Å². The molecule has 6 rings (SSSR count). The number of nitrogens with zero attached hydrogens (tertiary/aromatic N) is 5. The van der Waals surface area contributed by atoms with Crippen LogP contribution in [0.25, 0.3) is 50.6 Å². The summed E-state index contributed by atoms with van der Waals surface area (Å²) in [7, 11) is 4.05. The van der Waals surface area contributed by atoms with E-state index in [2.05, 4.69) is 34.1 Å². The average Bonchev–Trinajstić information content (AvgIpc) is 3.47. The molecule has 0 aliphatic heterocycles. The molecule has 168 valence electrons. The van der Waals surface area contributed by atoms with Crippen molar-refractivity contribution in [2.45, 2.75) is 0 Å². The molecule has 3 heterocycles. The molecule has 34 heavy (non-hydrogen) atoms. The minimum absolute atomic E-state index is 0. The van der Waals surface area contributed by atoms with Gasteiger partial charge in [0.2, 0.25) is 5.71 Å². The summed E-state index contributed by atoms with van der Waals surface area (Å²) < 4.78 is 8.04. The summed E-state index contributed by atoms with van der Waals surface area (Å²) in [6.07, 6.45) is 1.66. The van der Waals surface area contributed by atoms with Crippen molar-refractivity contribution in [3.8, 4) is 33.8 Å². The Labute approximate surface area is 202 Å². The van der Waals surface area contributed by atoms with Gasteiger partial charge in [-0.25, -0.2) is 14.5 Å². The van der Waals surface area contributed by atoms with E-state index in [1.54, 1.807) is 10.8 Å². The Bertz CT molecular complexity index is 1570. The number of hydrogen-bond donors (Lipinski definition) is 0. The van der Waals surface area contributed by atoms with Crippen molar-refractivity contribution < 1.29 is 4.42 Å². The van der Waals surface area contributed by atoms with Crippen molar-refractivity contribution in [3.63, 3.8) is 0 Å². The highest BCUT2D eigenvalue weighted by molar-refractivity contribution is 6.07. The second kappa shape index (κ2) is 8.65. The maximum atomic E-state index is 6.31. The maximum Gasteiger partial charge on any atom is 0.232 e. The highest BCUT2D eigenvalue weighted by atomic mass is 35.5. The average molecular weight is 468 g/mol. The van der Waals surface area contributed by atoms with Crippen LogP contribution >= 0.6 is 12.4 Å². The zero-order valence-corrected chi connectivity index (χ0v) is 19.5. The van der Waals surface area contributed by atoms with Crippen LogP contribution in [0.5, 0.6) is 0 Å². The standard InChI is InChI=1S/C27H21N5O.ClH/c1-31(2)21-15-13-20(14-16-21)25-29-26-23-22(18-9-5-3-6-10-18)24(19-11-7-4-8-12-19)33-27(23)28-17-32(26)30-25;/h3-17H,1-2H3;1H. The van der Waals surface area contributed by atoms with Gasteiger partial charge in [-0.05, 0) is 29.8 Å². The van der Waals surface area contributed by atoms with Crippen molar-refractivity contribution in [2.24, 2.45) is 0 Å². The van der Waals surface area contributed by atoms with Crippen LogP contribution in [0.15, 0.2) is 95.7 Å². The summed E-state index contributed by atoms with van der Waals surface area (Å²) in [5.74, 6) is 1.42. The summed E-state index contributed by atoms with van der Waals surface area (Å²) >= 11 is 0. The first-order chi connectivity index (χ1) is 16.2. The molecule has 0 N–H and O–H groups in total. The smallest absolute Gasteiger partial charge is 0.232 e. The van der Waals surface area contributed by atoms with Gasteiger partial charge in [-0.1, -0.05) is 60.7 Å². The summed E-state index contributed by atoms with van der Waals surface area (Å²) in [4.78, 5) is 11.6. The molecule has 3 aromatic carbocycles. The molecule has 0 saturated heterocycles. The Balaban J connectivity index is 0.00000241. The van der Waals surface area contributed by atoms with Crippen LogP contribution in [0, 0.1) is 0 Å². The second-order valence-corrected chi connectivity index (χ2v) is 8.11. The quantitative estimate of drug-likeness (QED) is 0.302. The van der Waals surface area contributed by atoms with E-state index in [0.29, 0.717) is 11.5 Å². The number of aromatic nitrogens is 4. The molecule has 0 aliphatic carbocycles. The topological polar surface area (TPSA) is 59.5 Å². The van der Waals surface area contributed by atoms with E-state index in [4.69, 9.17) is 14.5 Å². The van der Waals surface area contributed by atoms with Gasteiger partial charge in [-0.3, -0.25) is 0 Å². The Morgan fingerprint density at radius 1 is 0.765 bits per heavy atom. The number of benzene rings is 3. The maximum absolute atomic E-state index is 6.31. The minimum atomic E-state index is 0. The van der Waals surface area contributed by atoms with Crippen LogP contribution in [0.1, 0.15) is 0 Å². The minimum Gasteiger partial charge on any atom is -0.437 e. The molecule has 0 spiro atoms. The van der Waals surface area contributed by atoms with Crippen LogP contribution < -0.4 is 4.90 Å². The van der Waals surface area contributed by atoms with Gasteiger partial charge in [0, 0.05) is 36.5 Å². The lowest BCUT2D eigenvalue weighted by Gasteiger charge is -2.11. The lowest BCUT2D eigenvalue weighted by molar-refractivity contribution is 0.617. The normalized spacial score (nSPS) is 11.0. The first kappa shape index (κ1) is 21.7. The number of hydrogen-bond acceptors (Lipinski definition) is 5. The van der Waals surface area contributed by atoms with Crippen molar-refractivity contribution in [3.05, 3.63) is 91.3 Å². The van der Waals surface area contributed by atoms with E-state index in [-0.39, 0.29) is 12.4 Å². The SMILES string of the molecule is CN(C)c1ccc(-c2nc3c4c(-c5ccccc5)c(-c5ccccc5)oc4ncn3n2)cc1.Cl. The van der Waals surface area contributed by atoms with Crippen molar-refractivity contribution in [1.82, 2.24) is 19.6 Å². The molecule has 0 bridgehead atoms. The highest BCUT2D eigenvalue weighted by Gasteiger charge is 2.23. The third kappa shape index (κ3) is 3.58. The molecular weight excluding hydrogens is 446 g/mol. The van der Waals surface area contributed by atoms with E-state index < -0.39 is 0 Å². The molecular formula is C27H22ClN5O. The zero-order chi connectivity index (χ0) is 22.4. The fourth-order valence-electron chi connectivity index (χ4n) is 4.10. The molecule has 0 saturated carbocycles. The Kier molecular flexibility index (Phi) is 5.51. The molecule has 0 atom stereocenters. The van der Waals surface area contributed by atoms with Gasteiger partial charge >= 0.3 is 0 Å². The fraction of sp³-hybridized carbons (Fsp3) is 0.0741. The lowest BCUT2D eigenvalue weighted by atomic mass is 9.99. The zero-order valence-electron chi connectivity index (χ0n) is 18.7. The summed E-state index contributed by atoms with van der Waals surface area (Å²) in [6, 6.07) is 28.5. The number of fused-ring (bicyclic) bond motifs is 3. The molecule has 0 radical (unpaired) electrons. The predicted octanol–water partition coefficient (Wildman–Crippen LogP) is 6.36. The third-order valence-corrected chi connectivity index (χ3v) is 5.77. The van der Waals surface area contributed by atoms with Crippen LogP contribution in [0.3, 0.4) is 0 Å². The van der Waals surface area contributed by atoms with Gasteiger partial charge in [-0.15, -0.1) is 17.5 Å². The van der Waals surface area contributed by atoms with E-state index in [9.17, 15) is 0 Å². The van der Waals surface area contributed by atoms with Crippen LogP contribution in [0.2, 0.25) is 0 Å². The highest BCUT2D eigenvalue weighted by Crippen LogP contribution is 2.41. The largest absolute Gasteiger partial charge is 0.437 e. The van der Waals surface area contributed by atoms with Gasteiger partial charge in [0.15, 0.2) is 11.5 Å². The molecule has 0 unspecified atom stereocenters. The molecule has 0 amide bonds. The monoisotopic (exact) mass is 467 g/mol. The number of anilines is 1. The number of rotatable bonds is 4. The molecule has 0 aliphatic rings. The first-order valence-electron chi connectivity index (χ1n) is 10.8. The molecule has 0 fully saturated rings. The van der Waals surface area contributed by atoms with Crippen molar-refractivity contribution in [2.75, 3.05) is 19.0 Å². The Hall–Kier alpha value is -4.16. The first-order valence-corrected chi connectivity index (χ1v) is 10.8. The molecule has 6 nitrogen and oxygen atoms in total. The van der Waals surface area contributed by atoms with Gasteiger partial charge in [0.1, 0.15) is 12.1 Å². The summed E-state index contributed by atoms with van der Waals surface area (Å²) in [5.41, 5.74) is 6.34. The fourth-order valence-corrected chi connectivity index (χ4v) is 4.10. The molecule has 7 heteroatoms. The lowest BCUT2D eigenvalue weighted by Crippen LogP contribution is -2.07. The van der Waals surface area contributed by atoms with Gasteiger partial charge in [0.25, 0.3) is 0 Å². The van der Waals surface area contributed by atoms with Crippen molar-refractivity contribution >= 4 is 34.8 Å². The van der Waals surface area contributed by atoms with E-state index in [1.807, 2.05) is 74.8 Å². The molecule has 3 aromatic heterocycles. The Morgan fingerprint density at radius 3 is 2.06 bits per heavy atom. The summed E-state index contributed by atoms with van der Waals surface area (Å²) in [6.45, 7) is 0. The van der Waals surface area contributed by atoms with Crippen LogP contribution in [-0.2, 0) is 0 Å². The Morgan fingerprint density at radius 2 is 1.41 bits per heavy atom. The van der Waals surface area contributed by atoms with Crippen molar-refractivity contribution in [1.29, 1.82) is 0 Å². The van der Waals surface area contributed by atoms with E-state index in [1.165, 1.54) is 0 Å². The van der Waals surface area contributed by atoms with Gasteiger partial charge in [-0.2, -0.15) is 0 Å². The second-order valence-electron chi connectivity index (χ2n) is 8.11. The number of furan rings is 1. The van der Waals surface area contributed by atoms with E-state index >= 15 is 0 Å². The third-order valence-electron chi connectivity index (χ3n) is 5.77. The summed E-state index contributed by atoms with van der Waals surface area (Å²) in [5, 5.41) is 5.57. The van der Waals surface area contributed by atoms with E-state index in [0.717, 1.165) is 44.7 Å². The predicted molar refractivity (Wildman–Crippen MR) is 138 cm³/mol. The van der Waals surface area contributed by atoms with Crippen LogP contribution in [-0.4, -0.2) is 33.7 Å². The number of halogens is 1. The van der Waals surface area contributed by atoms with Gasteiger partial charge in [0.05, 0.1) is 5.39 Å². The van der Waals surface area contributed by atoms with Gasteiger partial charge < -0.3 is 9.32 Å².